The van der Waals surface area contributed by atoms with Crippen LogP contribution < -0.4 is 4.90 Å². The smallest absolute Gasteiger partial charge is 0.0579 e. The second kappa shape index (κ2) is 6.88. The molecule has 0 saturated carbocycles. The zero-order chi connectivity index (χ0) is 18.2. The maximum absolute atomic E-state index is 2.73. The van der Waals surface area contributed by atoms with Crippen molar-refractivity contribution in [2.75, 3.05) is 11.4 Å². The van der Waals surface area contributed by atoms with Gasteiger partial charge in [-0.15, -0.1) is 0 Å². The number of para-hydroxylation sites is 1. The Bertz CT molecular complexity index is 915. The van der Waals surface area contributed by atoms with Crippen molar-refractivity contribution < 1.29 is 0 Å². The Kier molecular flexibility index (Phi) is 4.24. The molecule has 27 heavy (non-hydrogen) atoms. The van der Waals surface area contributed by atoms with Gasteiger partial charge in [0.25, 0.3) is 0 Å². The van der Waals surface area contributed by atoms with Crippen LogP contribution in [0.4, 0.5) is 5.69 Å². The van der Waals surface area contributed by atoms with Crippen LogP contribution in [0.2, 0.25) is 0 Å². The monoisotopic (exact) mass is 353 g/mol. The van der Waals surface area contributed by atoms with Gasteiger partial charge >= 0.3 is 0 Å². The number of hydrogen-bond acceptors (Lipinski definition) is 1. The lowest BCUT2D eigenvalue weighted by Crippen LogP contribution is -2.44. The highest BCUT2D eigenvalue weighted by Crippen LogP contribution is 2.52. The predicted molar refractivity (Wildman–Crippen MR) is 113 cm³/mol. The van der Waals surface area contributed by atoms with Crippen LogP contribution in [0.15, 0.2) is 78.9 Å². The van der Waals surface area contributed by atoms with Gasteiger partial charge in [-0.2, -0.15) is 0 Å². The summed E-state index contributed by atoms with van der Waals surface area (Å²) in [4.78, 5) is 2.73. The molecule has 0 amide bonds. The zero-order valence-corrected chi connectivity index (χ0v) is 16.0. The minimum Gasteiger partial charge on any atom is -0.364 e. The van der Waals surface area contributed by atoms with Crippen LogP contribution in [-0.4, -0.2) is 6.54 Å². The third-order valence-electron chi connectivity index (χ3n) is 6.61. The van der Waals surface area contributed by atoms with Crippen molar-refractivity contribution in [2.24, 2.45) is 5.92 Å². The van der Waals surface area contributed by atoms with Crippen LogP contribution in [-0.2, 0) is 12.8 Å². The van der Waals surface area contributed by atoms with Gasteiger partial charge in [-0.05, 0) is 53.4 Å². The molecule has 2 aliphatic heterocycles. The minimum atomic E-state index is 0.454. The number of benzene rings is 3. The van der Waals surface area contributed by atoms with Gasteiger partial charge in [0.2, 0.25) is 0 Å². The first-order chi connectivity index (χ1) is 13.3. The van der Waals surface area contributed by atoms with Crippen LogP contribution in [0.5, 0.6) is 0 Å². The van der Waals surface area contributed by atoms with Crippen LogP contribution >= 0.6 is 0 Å². The van der Waals surface area contributed by atoms with E-state index < -0.39 is 0 Å². The van der Waals surface area contributed by atoms with Crippen LogP contribution in [0, 0.1) is 5.92 Å². The molecule has 0 bridgehead atoms. The molecule has 136 valence electrons. The summed E-state index contributed by atoms with van der Waals surface area (Å²) < 4.78 is 0. The van der Waals surface area contributed by atoms with E-state index in [0.717, 1.165) is 6.42 Å². The summed E-state index contributed by atoms with van der Waals surface area (Å²) in [5.74, 6) is 1.13. The Labute approximate surface area is 162 Å². The normalized spacial score (nSPS) is 23.7. The molecule has 0 N–H and O–H groups in total. The molecule has 3 aromatic carbocycles. The lowest BCUT2D eigenvalue weighted by Gasteiger charge is -2.50. The van der Waals surface area contributed by atoms with Gasteiger partial charge in [-0.1, -0.05) is 85.8 Å². The minimum absolute atomic E-state index is 0.454. The Morgan fingerprint density at radius 2 is 1.59 bits per heavy atom. The highest BCUT2D eigenvalue weighted by Gasteiger charge is 2.41. The fourth-order valence-electron chi connectivity index (χ4n) is 5.35. The summed E-state index contributed by atoms with van der Waals surface area (Å²) >= 11 is 0. The molecule has 0 radical (unpaired) electrons. The van der Waals surface area contributed by atoms with Crippen LogP contribution in [0.3, 0.4) is 0 Å². The van der Waals surface area contributed by atoms with Crippen molar-refractivity contribution in [3.63, 3.8) is 0 Å². The molecule has 2 heterocycles. The van der Waals surface area contributed by atoms with Gasteiger partial charge < -0.3 is 4.90 Å². The molecular weight excluding hydrogens is 326 g/mol. The maximum Gasteiger partial charge on any atom is 0.0579 e. The van der Waals surface area contributed by atoms with E-state index in [1.807, 2.05) is 0 Å². The lowest BCUT2D eigenvalue weighted by molar-refractivity contribution is 0.324. The zero-order valence-electron chi connectivity index (χ0n) is 16.0. The molecule has 2 aliphatic rings. The van der Waals surface area contributed by atoms with E-state index in [4.69, 9.17) is 0 Å². The van der Waals surface area contributed by atoms with Crippen molar-refractivity contribution in [3.05, 3.63) is 101 Å². The molecule has 3 atom stereocenters. The first kappa shape index (κ1) is 16.6. The van der Waals surface area contributed by atoms with Crippen molar-refractivity contribution in [2.45, 2.75) is 38.1 Å². The first-order valence-corrected chi connectivity index (χ1v) is 10.3. The molecule has 0 unspecified atom stereocenters. The third-order valence-corrected chi connectivity index (χ3v) is 6.61. The van der Waals surface area contributed by atoms with E-state index in [0.29, 0.717) is 17.9 Å². The molecule has 0 saturated heterocycles. The number of rotatable bonds is 3. The van der Waals surface area contributed by atoms with Crippen molar-refractivity contribution in [1.29, 1.82) is 0 Å². The van der Waals surface area contributed by atoms with Gasteiger partial charge in [0.1, 0.15) is 0 Å². The Hall–Kier alpha value is -2.54. The number of anilines is 1. The average molecular weight is 354 g/mol. The number of hydrogen-bond donors (Lipinski definition) is 0. The molecule has 0 fully saturated rings. The van der Waals surface area contributed by atoms with E-state index in [1.165, 1.54) is 36.2 Å². The summed E-state index contributed by atoms with van der Waals surface area (Å²) in [7, 11) is 0. The van der Waals surface area contributed by atoms with E-state index >= 15 is 0 Å². The average Bonchev–Trinajstić information content (AvgIpc) is 2.73. The van der Waals surface area contributed by atoms with E-state index in [1.54, 1.807) is 11.1 Å². The summed E-state index contributed by atoms with van der Waals surface area (Å²) in [5.41, 5.74) is 7.55. The molecule has 0 aliphatic carbocycles. The third kappa shape index (κ3) is 2.86. The second-order valence-electron chi connectivity index (χ2n) is 8.15. The molecule has 1 heteroatoms. The van der Waals surface area contributed by atoms with Gasteiger partial charge in [0.05, 0.1) is 6.04 Å². The number of nitrogens with zero attached hydrogens (tertiary/aromatic N) is 1. The van der Waals surface area contributed by atoms with E-state index in [-0.39, 0.29) is 0 Å². The van der Waals surface area contributed by atoms with Crippen molar-refractivity contribution in [1.82, 2.24) is 0 Å². The molecule has 0 spiro atoms. The Morgan fingerprint density at radius 1 is 0.852 bits per heavy atom. The van der Waals surface area contributed by atoms with Gasteiger partial charge in [-0.25, -0.2) is 0 Å². The fourth-order valence-corrected chi connectivity index (χ4v) is 5.35. The maximum atomic E-state index is 2.73. The highest BCUT2D eigenvalue weighted by atomic mass is 15.2. The summed E-state index contributed by atoms with van der Waals surface area (Å²) in [6, 6.07) is 29.7. The van der Waals surface area contributed by atoms with Crippen molar-refractivity contribution in [3.8, 4) is 0 Å². The SMILES string of the molecule is C[C@H]1c2cccc3c2N(CCC3)[C@@H](c2ccccc2)[C@@H]1Cc1ccccc1. The predicted octanol–water partition coefficient (Wildman–Crippen LogP) is 6.16. The standard InChI is InChI=1S/C26H27N/c1-19-23-16-8-14-22-15-9-17-27(25(22)23)26(21-12-6-3-7-13-21)24(19)18-20-10-4-2-5-11-20/h2-8,10-14,16,19,24,26H,9,15,17-18H2,1H3/t19-,24+,26-/m0/s1. The van der Waals surface area contributed by atoms with Gasteiger partial charge in [-0.3, -0.25) is 0 Å². The highest BCUT2D eigenvalue weighted by molar-refractivity contribution is 5.66. The largest absolute Gasteiger partial charge is 0.364 e. The Balaban J connectivity index is 1.65. The second-order valence-corrected chi connectivity index (χ2v) is 8.15. The quantitative estimate of drug-likeness (QED) is 0.545. The van der Waals surface area contributed by atoms with E-state index in [2.05, 4.69) is 90.7 Å². The molecule has 1 nitrogen and oxygen atoms in total. The van der Waals surface area contributed by atoms with Gasteiger partial charge in [0.15, 0.2) is 0 Å². The number of aryl methyl sites for hydroxylation is 1. The van der Waals surface area contributed by atoms with Crippen LogP contribution in [0.25, 0.3) is 0 Å². The first-order valence-electron chi connectivity index (χ1n) is 10.3. The molecule has 3 aromatic rings. The van der Waals surface area contributed by atoms with E-state index in [9.17, 15) is 0 Å². The summed E-state index contributed by atoms with van der Waals surface area (Å²) in [6.45, 7) is 3.62. The molecule has 0 aromatic heterocycles. The summed E-state index contributed by atoms with van der Waals surface area (Å²) in [5, 5.41) is 0. The summed E-state index contributed by atoms with van der Waals surface area (Å²) in [6.07, 6.45) is 3.60. The fraction of sp³-hybridized carbons (Fsp3) is 0.308. The molecular formula is C26H27N. The van der Waals surface area contributed by atoms with Crippen LogP contribution in [0.1, 0.15) is 47.6 Å². The lowest BCUT2D eigenvalue weighted by atomic mass is 9.70. The Morgan fingerprint density at radius 3 is 2.37 bits per heavy atom. The topological polar surface area (TPSA) is 3.24 Å². The molecule has 5 rings (SSSR count). The van der Waals surface area contributed by atoms with Crippen molar-refractivity contribution >= 4 is 5.69 Å². The van der Waals surface area contributed by atoms with Gasteiger partial charge in [0, 0.05) is 12.2 Å².